The number of oxazole rings is 1. The second-order valence-corrected chi connectivity index (χ2v) is 4.44. The summed E-state index contributed by atoms with van der Waals surface area (Å²) in [7, 11) is 0. The topological polar surface area (TPSA) is 119 Å². The summed E-state index contributed by atoms with van der Waals surface area (Å²) in [6.45, 7) is 3.39. The van der Waals surface area contributed by atoms with Gasteiger partial charge in [-0.2, -0.15) is 0 Å². The van der Waals surface area contributed by atoms with E-state index in [1.165, 1.54) is 24.4 Å². The smallest absolute Gasteiger partial charge is 0.338 e. The van der Waals surface area contributed by atoms with Crippen molar-refractivity contribution in [1.29, 1.82) is 0 Å². The monoisotopic (exact) mass is 291 g/mol. The highest BCUT2D eigenvalue weighted by Gasteiger charge is 2.24. The lowest BCUT2D eigenvalue weighted by Crippen LogP contribution is -2.12. The molecule has 1 aromatic carbocycles. The minimum atomic E-state index is -1.25. The van der Waals surface area contributed by atoms with E-state index in [1.54, 1.807) is 13.8 Å². The molecule has 2 N–H and O–H groups in total. The molecule has 1 aromatic heterocycles. The Kier molecular flexibility index (Phi) is 3.88. The van der Waals surface area contributed by atoms with Gasteiger partial charge in [0.15, 0.2) is 0 Å². The number of aromatic nitrogens is 1. The molecule has 21 heavy (non-hydrogen) atoms. The number of hydrogen-bond donors (Lipinski definition) is 2. The van der Waals surface area contributed by atoms with Gasteiger partial charge in [0.25, 0.3) is 5.69 Å². The summed E-state index contributed by atoms with van der Waals surface area (Å²) in [5, 5.41) is 23.0. The van der Waals surface area contributed by atoms with Crippen LogP contribution < -0.4 is 5.32 Å². The predicted molar refractivity (Wildman–Crippen MR) is 73.3 cm³/mol. The van der Waals surface area contributed by atoms with Gasteiger partial charge in [0.05, 0.1) is 16.7 Å². The number of nitro groups is 1. The van der Waals surface area contributed by atoms with Gasteiger partial charge in [-0.05, 0) is 19.9 Å². The van der Waals surface area contributed by atoms with Crippen LogP contribution in [-0.2, 0) is 0 Å². The Labute approximate surface area is 119 Å². The maximum absolute atomic E-state index is 11.2. The molecule has 0 saturated carbocycles. The lowest BCUT2D eigenvalue weighted by Gasteiger charge is -2.14. The number of para-hydroxylation sites is 1. The molecule has 110 valence electrons. The second kappa shape index (κ2) is 5.61. The summed E-state index contributed by atoms with van der Waals surface area (Å²) in [6.07, 6.45) is 1.52. The highest BCUT2D eigenvalue weighted by molar-refractivity contribution is 5.96. The Morgan fingerprint density at radius 1 is 1.52 bits per heavy atom. The molecule has 8 nitrogen and oxygen atoms in total. The lowest BCUT2D eigenvalue weighted by molar-refractivity contribution is -0.384. The Bertz CT molecular complexity index is 663. The van der Waals surface area contributed by atoms with E-state index < -0.39 is 16.9 Å². The van der Waals surface area contributed by atoms with Crippen molar-refractivity contribution >= 4 is 17.3 Å². The molecule has 2 aromatic rings. The van der Waals surface area contributed by atoms with E-state index in [2.05, 4.69) is 10.3 Å². The molecule has 0 aliphatic rings. The molecule has 0 aliphatic heterocycles. The fourth-order valence-corrected chi connectivity index (χ4v) is 1.87. The van der Waals surface area contributed by atoms with Crippen LogP contribution in [0.25, 0.3) is 0 Å². The molecule has 0 radical (unpaired) electrons. The fraction of sp³-hybridized carbons (Fsp3) is 0.231. The van der Waals surface area contributed by atoms with E-state index in [4.69, 9.17) is 9.52 Å². The molecule has 0 saturated heterocycles. The third-order valence-electron chi connectivity index (χ3n) is 2.84. The van der Waals surface area contributed by atoms with Crippen molar-refractivity contribution in [3.8, 4) is 0 Å². The molecule has 0 bridgehead atoms. The average molecular weight is 291 g/mol. The van der Waals surface area contributed by atoms with Crippen molar-refractivity contribution in [2.45, 2.75) is 19.9 Å². The van der Waals surface area contributed by atoms with Gasteiger partial charge < -0.3 is 14.8 Å². The Morgan fingerprint density at radius 2 is 2.24 bits per heavy atom. The van der Waals surface area contributed by atoms with Crippen LogP contribution in [0.1, 0.15) is 35.0 Å². The quantitative estimate of drug-likeness (QED) is 0.642. The average Bonchev–Trinajstić information content (AvgIpc) is 2.85. The van der Waals surface area contributed by atoms with E-state index in [1.807, 2.05) is 0 Å². The maximum atomic E-state index is 11.2. The number of benzene rings is 1. The number of aryl methyl sites for hydroxylation is 1. The first-order valence-electron chi connectivity index (χ1n) is 6.09. The number of anilines is 1. The van der Waals surface area contributed by atoms with E-state index in [-0.39, 0.29) is 16.9 Å². The molecule has 1 atom stereocenters. The molecule has 0 fully saturated rings. The summed E-state index contributed by atoms with van der Waals surface area (Å²) in [6, 6.07) is 3.35. The molecule has 0 spiro atoms. The van der Waals surface area contributed by atoms with Gasteiger partial charge in [0.2, 0.25) is 5.89 Å². The maximum Gasteiger partial charge on any atom is 0.338 e. The largest absolute Gasteiger partial charge is 0.478 e. The number of aromatic carboxylic acids is 1. The Morgan fingerprint density at radius 3 is 2.76 bits per heavy atom. The van der Waals surface area contributed by atoms with Crippen molar-refractivity contribution in [1.82, 2.24) is 4.98 Å². The van der Waals surface area contributed by atoms with E-state index in [0.717, 1.165) is 0 Å². The molecule has 2 rings (SSSR count). The number of rotatable bonds is 5. The molecule has 8 heteroatoms. The molecular weight excluding hydrogens is 278 g/mol. The zero-order valence-corrected chi connectivity index (χ0v) is 11.4. The van der Waals surface area contributed by atoms with Gasteiger partial charge in [-0.25, -0.2) is 9.78 Å². The predicted octanol–water partition coefficient (Wildman–Crippen LogP) is 2.76. The third-order valence-corrected chi connectivity index (χ3v) is 2.84. The molecule has 1 heterocycles. The number of carbonyl (C=O) groups is 1. The van der Waals surface area contributed by atoms with Crippen molar-refractivity contribution < 1.29 is 19.2 Å². The summed E-state index contributed by atoms with van der Waals surface area (Å²) in [4.78, 5) is 25.6. The standard InChI is InChI=1S/C13H13N3O5/c1-7-6-14-12(21-7)8(2)15-11-9(13(17)18)4-3-5-10(11)16(19)20/h3-6,8,15H,1-2H3,(H,17,18). The van der Waals surface area contributed by atoms with Gasteiger partial charge in [-0.1, -0.05) is 6.07 Å². The fourth-order valence-electron chi connectivity index (χ4n) is 1.87. The summed E-state index contributed by atoms with van der Waals surface area (Å²) in [5.41, 5.74) is -0.567. The first-order chi connectivity index (χ1) is 9.90. The summed E-state index contributed by atoms with van der Waals surface area (Å²) in [5.74, 6) is -0.335. The van der Waals surface area contributed by atoms with Crippen LogP contribution in [0.5, 0.6) is 0 Å². The highest BCUT2D eigenvalue weighted by Crippen LogP contribution is 2.31. The van der Waals surface area contributed by atoms with E-state index in [9.17, 15) is 14.9 Å². The van der Waals surface area contributed by atoms with Gasteiger partial charge >= 0.3 is 5.97 Å². The van der Waals surface area contributed by atoms with Crippen LogP contribution in [0.4, 0.5) is 11.4 Å². The molecule has 0 aliphatic carbocycles. The number of nitrogens with one attached hydrogen (secondary N) is 1. The number of hydrogen-bond acceptors (Lipinski definition) is 6. The van der Waals surface area contributed by atoms with Crippen molar-refractivity contribution in [3.63, 3.8) is 0 Å². The molecule has 0 amide bonds. The van der Waals surface area contributed by atoms with Gasteiger partial charge in [-0.3, -0.25) is 10.1 Å². The first kappa shape index (κ1) is 14.5. The normalized spacial score (nSPS) is 11.9. The van der Waals surface area contributed by atoms with Crippen molar-refractivity contribution in [3.05, 3.63) is 51.7 Å². The SMILES string of the molecule is Cc1cnc(C(C)Nc2c(C(=O)O)cccc2[N+](=O)[O-])o1. The second-order valence-electron chi connectivity index (χ2n) is 4.44. The van der Waals surface area contributed by atoms with Crippen LogP contribution >= 0.6 is 0 Å². The summed E-state index contributed by atoms with van der Waals surface area (Å²) >= 11 is 0. The third kappa shape index (κ3) is 2.99. The summed E-state index contributed by atoms with van der Waals surface area (Å²) < 4.78 is 5.33. The number of carboxylic acids is 1. The van der Waals surface area contributed by atoms with Crippen molar-refractivity contribution in [2.24, 2.45) is 0 Å². The number of carboxylic acid groups (broad SMARTS) is 1. The zero-order chi connectivity index (χ0) is 15.6. The Balaban J connectivity index is 2.42. The first-order valence-corrected chi connectivity index (χ1v) is 6.09. The lowest BCUT2D eigenvalue weighted by atomic mass is 10.1. The van der Waals surface area contributed by atoms with Crippen LogP contribution in [0.2, 0.25) is 0 Å². The zero-order valence-electron chi connectivity index (χ0n) is 11.4. The minimum Gasteiger partial charge on any atom is -0.478 e. The van der Waals surface area contributed by atoms with Crippen LogP contribution in [-0.4, -0.2) is 21.0 Å². The molecular formula is C13H13N3O5. The van der Waals surface area contributed by atoms with Crippen LogP contribution in [0.15, 0.2) is 28.8 Å². The van der Waals surface area contributed by atoms with E-state index in [0.29, 0.717) is 11.7 Å². The Hall–Kier alpha value is -2.90. The van der Waals surface area contributed by atoms with Gasteiger partial charge in [0.1, 0.15) is 17.5 Å². The number of nitro benzene ring substituents is 1. The minimum absolute atomic E-state index is 0.0710. The highest BCUT2D eigenvalue weighted by atomic mass is 16.6. The van der Waals surface area contributed by atoms with Gasteiger partial charge in [0, 0.05) is 6.07 Å². The number of nitrogens with zero attached hydrogens (tertiary/aromatic N) is 2. The van der Waals surface area contributed by atoms with Crippen LogP contribution in [0, 0.1) is 17.0 Å². The van der Waals surface area contributed by atoms with E-state index >= 15 is 0 Å². The van der Waals surface area contributed by atoms with Crippen LogP contribution in [0.3, 0.4) is 0 Å². The van der Waals surface area contributed by atoms with Gasteiger partial charge in [-0.15, -0.1) is 0 Å². The van der Waals surface area contributed by atoms with Crippen molar-refractivity contribution in [2.75, 3.05) is 5.32 Å². The molecule has 1 unspecified atom stereocenters.